The van der Waals surface area contributed by atoms with Crippen LogP contribution in [0.1, 0.15) is 77.2 Å². The number of nitrogens with one attached hydrogen (secondary N) is 2. The molecule has 3 aromatic rings. The molecule has 1 aromatic heterocycles. The number of hydrogen-bond donors (Lipinski definition) is 2. The lowest BCUT2D eigenvalue weighted by Crippen LogP contribution is -2.58. The van der Waals surface area contributed by atoms with Crippen LogP contribution in [0.25, 0.3) is 28.1 Å². The number of carbonyl (C=O) groups is 4. The van der Waals surface area contributed by atoms with Crippen LogP contribution in [0.3, 0.4) is 0 Å². The summed E-state index contributed by atoms with van der Waals surface area (Å²) in [4.78, 5) is 56.3. The third-order valence-corrected chi connectivity index (χ3v) is 10.4. The van der Waals surface area contributed by atoms with E-state index in [2.05, 4.69) is 77.5 Å². The van der Waals surface area contributed by atoms with Gasteiger partial charge in [0.15, 0.2) is 0 Å². The highest BCUT2D eigenvalue weighted by atomic mass is 16.5. The molecule has 12 heteroatoms. The zero-order valence-corrected chi connectivity index (χ0v) is 33.9. The van der Waals surface area contributed by atoms with Crippen LogP contribution in [0.2, 0.25) is 0 Å². The summed E-state index contributed by atoms with van der Waals surface area (Å²) in [7, 11) is 1.58. The molecule has 2 N–H and O–H groups in total. The van der Waals surface area contributed by atoms with Gasteiger partial charge >= 0.3 is 0 Å². The number of aliphatic imine (C=N–C) groups is 1. The van der Waals surface area contributed by atoms with Crippen molar-refractivity contribution >= 4 is 47.9 Å². The predicted octanol–water partition coefficient (Wildman–Crippen LogP) is 5.89. The molecule has 1 fully saturated rings. The van der Waals surface area contributed by atoms with Gasteiger partial charge in [-0.25, -0.2) is 5.43 Å². The molecule has 56 heavy (non-hydrogen) atoms. The van der Waals surface area contributed by atoms with Gasteiger partial charge in [-0.15, -0.1) is 0 Å². The van der Waals surface area contributed by atoms with Gasteiger partial charge in [-0.05, 0) is 85.6 Å². The van der Waals surface area contributed by atoms with Crippen molar-refractivity contribution in [1.29, 1.82) is 0 Å². The highest BCUT2D eigenvalue weighted by Crippen LogP contribution is 2.38. The first kappa shape index (κ1) is 42.1. The smallest absolute Gasteiger partial charge is 0.293 e. The SMILES string of the molecule is CC1C=N/C=C\C=C\c2c(CC(C)(C)COC=O)c3cc(-c4cccc(CC(NC(=O)C(C(C)C)N(C)C=O)C(=O)N5CCCCN5)c4)ccc3n2C(C)CO1. The topological polar surface area (TPSA) is 135 Å². The van der Waals surface area contributed by atoms with Gasteiger partial charge in [0, 0.05) is 61.0 Å². The number of likely N-dealkylation sites (N-methyl/N-ethyl adjacent to an activating group) is 1. The number of nitrogens with zero attached hydrogens (tertiary/aromatic N) is 4. The number of fused-ring (bicyclic) bond motifs is 3. The van der Waals surface area contributed by atoms with Crippen molar-refractivity contribution in [2.24, 2.45) is 16.3 Å². The molecule has 0 saturated carbocycles. The first-order valence-electron chi connectivity index (χ1n) is 19.7. The van der Waals surface area contributed by atoms with Gasteiger partial charge < -0.3 is 24.3 Å². The monoisotopic (exact) mass is 766 g/mol. The Kier molecular flexibility index (Phi) is 14.4. The van der Waals surface area contributed by atoms with E-state index >= 15 is 0 Å². The molecule has 2 aliphatic heterocycles. The Morgan fingerprint density at radius 1 is 1.11 bits per heavy atom. The standard InChI is InChI=1S/C44H58N6O6/c1-30(2)41(48(7)28-51)42(53)47-38(43(54)49-20-11-10-19-46-49)22-33-13-12-14-34(21-33)35-16-17-40-36(23-35)37(24-44(5,6)27-55-29-52)39-15-8-9-18-45-25-32(4)56-26-31(3)50(39)40/h8-9,12-18,21,23,25,28-32,38,41,46H,10-11,19-20,22,24,26-27H2,1-7H3,(H,47,53)/b15-8+,18-9-,45-25?. The van der Waals surface area contributed by atoms with E-state index in [0.717, 1.165) is 51.7 Å². The number of aromatic nitrogens is 1. The van der Waals surface area contributed by atoms with E-state index in [1.165, 1.54) is 4.90 Å². The lowest BCUT2D eigenvalue weighted by Gasteiger charge is -2.33. The van der Waals surface area contributed by atoms with Crippen LogP contribution >= 0.6 is 0 Å². The van der Waals surface area contributed by atoms with Crippen LogP contribution in [0.5, 0.6) is 0 Å². The summed E-state index contributed by atoms with van der Waals surface area (Å²) in [6.07, 6.45) is 12.8. The van der Waals surface area contributed by atoms with Crippen LogP contribution in [0.15, 0.2) is 65.8 Å². The van der Waals surface area contributed by atoms with Crippen LogP contribution in [0.4, 0.5) is 0 Å². The molecule has 2 aliphatic rings. The lowest BCUT2D eigenvalue weighted by atomic mass is 9.85. The highest BCUT2D eigenvalue weighted by Gasteiger charge is 2.33. The van der Waals surface area contributed by atoms with Crippen molar-refractivity contribution in [3.05, 3.63) is 77.6 Å². The number of benzene rings is 2. The van der Waals surface area contributed by atoms with Gasteiger partial charge in [0.05, 0.1) is 25.4 Å². The molecule has 5 rings (SSSR count). The highest BCUT2D eigenvalue weighted by molar-refractivity contribution is 5.93. The number of carbonyl (C=O) groups excluding carboxylic acids is 4. The second-order valence-electron chi connectivity index (χ2n) is 16.1. The van der Waals surface area contributed by atoms with Crippen molar-refractivity contribution in [1.82, 2.24) is 25.2 Å². The van der Waals surface area contributed by atoms with E-state index in [1.807, 2.05) is 45.1 Å². The van der Waals surface area contributed by atoms with Gasteiger partial charge in [0.2, 0.25) is 12.3 Å². The second kappa shape index (κ2) is 19.2. The molecule has 4 atom stereocenters. The minimum atomic E-state index is -0.847. The van der Waals surface area contributed by atoms with Crippen LogP contribution < -0.4 is 10.7 Å². The van der Waals surface area contributed by atoms with Crippen molar-refractivity contribution < 1.29 is 28.7 Å². The summed E-state index contributed by atoms with van der Waals surface area (Å²) >= 11 is 0. The van der Waals surface area contributed by atoms with E-state index in [9.17, 15) is 19.2 Å². The Morgan fingerprint density at radius 2 is 1.89 bits per heavy atom. The molecule has 0 radical (unpaired) electrons. The fourth-order valence-electron chi connectivity index (χ4n) is 7.70. The number of amides is 3. The minimum absolute atomic E-state index is 0.00522. The summed E-state index contributed by atoms with van der Waals surface area (Å²) < 4.78 is 13.8. The molecule has 12 nitrogen and oxygen atoms in total. The maximum absolute atomic E-state index is 14.0. The third-order valence-electron chi connectivity index (χ3n) is 10.4. The maximum atomic E-state index is 14.0. The van der Waals surface area contributed by atoms with Crippen LogP contribution in [0, 0.1) is 11.3 Å². The molecular formula is C44H58N6O6. The normalized spacial score (nSPS) is 19.9. The molecule has 0 aliphatic carbocycles. The number of allylic oxidation sites excluding steroid dienone is 2. The lowest BCUT2D eigenvalue weighted by molar-refractivity contribution is -0.142. The zero-order chi connectivity index (χ0) is 40.4. The molecule has 300 valence electrons. The van der Waals surface area contributed by atoms with Gasteiger partial charge in [0.25, 0.3) is 12.4 Å². The largest absolute Gasteiger partial charge is 0.467 e. The summed E-state index contributed by atoms with van der Waals surface area (Å²) in [6, 6.07) is 13.0. The maximum Gasteiger partial charge on any atom is 0.293 e. The fourth-order valence-corrected chi connectivity index (χ4v) is 7.70. The molecule has 0 bridgehead atoms. The minimum Gasteiger partial charge on any atom is -0.467 e. The zero-order valence-electron chi connectivity index (χ0n) is 33.9. The Hall–Kier alpha value is -5.07. The van der Waals surface area contributed by atoms with E-state index in [1.54, 1.807) is 24.5 Å². The Morgan fingerprint density at radius 3 is 2.61 bits per heavy atom. The third kappa shape index (κ3) is 10.4. The molecular weight excluding hydrogens is 709 g/mol. The summed E-state index contributed by atoms with van der Waals surface area (Å²) in [6.45, 7) is 14.6. The first-order valence-corrected chi connectivity index (χ1v) is 19.7. The quantitative estimate of drug-likeness (QED) is 0.196. The predicted molar refractivity (Wildman–Crippen MR) is 221 cm³/mol. The average molecular weight is 767 g/mol. The Labute approximate surface area is 331 Å². The Balaban J connectivity index is 1.56. The molecule has 4 unspecified atom stereocenters. The van der Waals surface area contributed by atoms with E-state index in [-0.39, 0.29) is 48.3 Å². The van der Waals surface area contributed by atoms with Crippen LogP contribution in [-0.4, -0.2) is 96.9 Å². The number of rotatable bonds is 14. The Bertz CT molecular complexity index is 1940. The molecule has 3 amide bonds. The van der Waals surface area contributed by atoms with E-state index in [0.29, 0.717) is 39.0 Å². The summed E-state index contributed by atoms with van der Waals surface area (Å²) in [5.41, 5.74) is 8.92. The van der Waals surface area contributed by atoms with Crippen molar-refractivity contribution in [3.8, 4) is 11.1 Å². The number of ether oxygens (including phenoxy) is 2. The summed E-state index contributed by atoms with van der Waals surface area (Å²) in [5.74, 6) is -0.733. The fraction of sp³-hybridized carbons (Fsp3) is 0.477. The van der Waals surface area contributed by atoms with Gasteiger partial charge in [0.1, 0.15) is 12.1 Å². The van der Waals surface area contributed by atoms with E-state index < -0.39 is 12.1 Å². The first-order chi connectivity index (χ1) is 26.8. The number of hydrazine groups is 1. The molecule has 3 heterocycles. The average Bonchev–Trinajstić information content (AvgIpc) is 3.47. The van der Waals surface area contributed by atoms with Crippen molar-refractivity contribution in [3.63, 3.8) is 0 Å². The molecule has 0 spiro atoms. The van der Waals surface area contributed by atoms with Crippen molar-refractivity contribution in [2.75, 3.05) is 33.4 Å². The van der Waals surface area contributed by atoms with Crippen molar-refractivity contribution in [2.45, 2.75) is 91.5 Å². The molecule has 2 aromatic carbocycles. The second-order valence-corrected chi connectivity index (χ2v) is 16.1. The van der Waals surface area contributed by atoms with E-state index in [4.69, 9.17) is 9.47 Å². The molecule has 1 saturated heterocycles. The van der Waals surface area contributed by atoms with Gasteiger partial charge in [-0.1, -0.05) is 64.1 Å². The summed E-state index contributed by atoms with van der Waals surface area (Å²) in [5, 5.41) is 5.70. The van der Waals surface area contributed by atoms with Gasteiger partial charge in [-0.2, -0.15) is 0 Å². The number of hydrogen-bond acceptors (Lipinski definition) is 8. The van der Waals surface area contributed by atoms with Crippen LogP contribution in [-0.2, 0) is 41.5 Å². The van der Waals surface area contributed by atoms with Gasteiger partial charge in [-0.3, -0.25) is 29.2 Å².